The van der Waals surface area contributed by atoms with Crippen LogP contribution in [-0.4, -0.2) is 23.4 Å². The second-order valence-corrected chi connectivity index (χ2v) is 5.62. The Kier molecular flexibility index (Phi) is 5.20. The van der Waals surface area contributed by atoms with E-state index in [0.29, 0.717) is 6.04 Å². The third kappa shape index (κ3) is 3.61. The molecule has 0 spiro atoms. The highest BCUT2D eigenvalue weighted by Gasteiger charge is 2.08. The molecule has 0 aliphatic rings. The van der Waals surface area contributed by atoms with Crippen molar-refractivity contribution < 1.29 is 4.74 Å². The molecule has 20 heavy (non-hydrogen) atoms. The molecule has 108 valence electrons. The van der Waals surface area contributed by atoms with Gasteiger partial charge in [0.1, 0.15) is 5.75 Å². The SMILES string of the molecule is COc1ccc(C(C)NCCc2ccnn2C)cc1Br. The number of methoxy groups -OCH3 is 1. The van der Waals surface area contributed by atoms with E-state index in [2.05, 4.69) is 51.5 Å². The molecular weight excluding hydrogens is 318 g/mol. The van der Waals surface area contributed by atoms with Crippen molar-refractivity contribution in [3.8, 4) is 5.75 Å². The number of nitrogens with one attached hydrogen (secondary N) is 1. The number of rotatable bonds is 6. The van der Waals surface area contributed by atoms with Crippen LogP contribution >= 0.6 is 15.9 Å². The fourth-order valence-corrected chi connectivity index (χ4v) is 2.69. The molecule has 0 aliphatic heterocycles. The fourth-order valence-electron chi connectivity index (χ4n) is 2.13. The molecule has 1 heterocycles. The molecule has 1 unspecified atom stereocenters. The van der Waals surface area contributed by atoms with Crippen LogP contribution in [0.1, 0.15) is 24.2 Å². The standard InChI is InChI=1S/C15H20BrN3O/c1-11(12-4-5-15(20-3)14(16)10-12)17-8-6-13-7-9-18-19(13)2/h4-5,7,9-11,17H,6,8H2,1-3H3. The predicted molar refractivity (Wildman–Crippen MR) is 84.0 cm³/mol. The topological polar surface area (TPSA) is 39.1 Å². The molecule has 0 aliphatic carbocycles. The minimum Gasteiger partial charge on any atom is -0.496 e. The average Bonchev–Trinajstić information content (AvgIpc) is 2.84. The van der Waals surface area contributed by atoms with Crippen LogP contribution in [0.3, 0.4) is 0 Å². The van der Waals surface area contributed by atoms with Gasteiger partial charge in [0.05, 0.1) is 11.6 Å². The van der Waals surface area contributed by atoms with E-state index in [1.807, 2.05) is 24.0 Å². The van der Waals surface area contributed by atoms with Gasteiger partial charge in [-0.2, -0.15) is 5.10 Å². The summed E-state index contributed by atoms with van der Waals surface area (Å²) in [5, 5.41) is 7.70. The molecule has 1 atom stereocenters. The van der Waals surface area contributed by atoms with Crippen LogP contribution in [0.2, 0.25) is 0 Å². The number of aryl methyl sites for hydroxylation is 1. The van der Waals surface area contributed by atoms with E-state index < -0.39 is 0 Å². The maximum atomic E-state index is 5.25. The summed E-state index contributed by atoms with van der Waals surface area (Å²) in [7, 11) is 3.65. The lowest BCUT2D eigenvalue weighted by Crippen LogP contribution is -2.22. The molecule has 0 amide bonds. The van der Waals surface area contributed by atoms with E-state index in [-0.39, 0.29) is 0 Å². The summed E-state index contributed by atoms with van der Waals surface area (Å²) in [6.07, 6.45) is 2.80. The van der Waals surface area contributed by atoms with Gasteiger partial charge >= 0.3 is 0 Å². The van der Waals surface area contributed by atoms with Crippen molar-refractivity contribution in [1.82, 2.24) is 15.1 Å². The smallest absolute Gasteiger partial charge is 0.133 e. The zero-order valence-electron chi connectivity index (χ0n) is 12.1. The number of ether oxygens (including phenoxy) is 1. The van der Waals surface area contributed by atoms with Crippen LogP contribution in [0, 0.1) is 0 Å². The van der Waals surface area contributed by atoms with Crippen LogP contribution in [-0.2, 0) is 13.5 Å². The minimum atomic E-state index is 0.297. The van der Waals surface area contributed by atoms with Gasteiger partial charge in [-0.05, 0) is 46.6 Å². The van der Waals surface area contributed by atoms with Gasteiger partial charge in [-0.15, -0.1) is 0 Å². The predicted octanol–water partition coefficient (Wildman–Crippen LogP) is 3.08. The second kappa shape index (κ2) is 6.90. The van der Waals surface area contributed by atoms with Crippen molar-refractivity contribution in [2.75, 3.05) is 13.7 Å². The Balaban J connectivity index is 1.90. The number of aromatic nitrogens is 2. The quantitative estimate of drug-likeness (QED) is 0.880. The normalized spacial score (nSPS) is 12.4. The number of nitrogens with zero attached hydrogens (tertiary/aromatic N) is 2. The van der Waals surface area contributed by atoms with Gasteiger partial charge in [-0.1, -0.05) is 6.07 Å². The highest BCUT2D eigenvalue weighted by atomic mass is 79.9. The van der Waals surface area contributed by atoms with Gasteiger partial charge in [-0.25, -0.2) is 0 Å². The highest BCUT2D eigenvalue weighted by molar-refractivity contribution is 9.10. The molecule has 5 heteroatoms. The largest absolute Gasteiger partial charge is 0.496 e. The molecule has 1 aromatic carbocycles. The summed E-state index contributed by atoms with van der Waals surface area (Å²) in [6, 6.07) is 8.52. The maximum Gasteiger partial charge on any atom is 0.133 e. The van der Waals surface area contributed by atoms with Gasteiger partial charge in [0.25, 0.3) is 0 Å². The molecular formula is C15H20BrN3O. The lowest BCUT2D eigenvalue weighted by Gasteiger charge is -2.15. The van der Waals surface area contributed by atoms with Gasteiger partial charge in [-0.3, -0.25) is 4.68 Å². The third-order valence-electron chi connectivity index (χ3n) is 3.43. The summed E-state index contributed by atoms with van der Waals surface area (Å²) >= 11 is 3.52. The van der Waals surface area contributed by atoms with Crippen molar-refractivity contribution in [3.05, 3.63) is 46.2 Å². The minimum absolute atomic E-state index is 0.297. The van der Waals surface area contributed by atoms with Crippen molar-refractivity contribution in [1.29, 1.82) is 0 Å². The number of benzene rings is 1. The molecule has 0 bridgehead atoms. The van der Waals surface area contributed by atoms with Crippen molar-refractivity contribution in [3.63, 3.8) is 0 Å². The first kappa shape index (κ1) is 15.1. The molecule has 0 saturated heterocycles. The van der Waals surface area contributed by atoms with Gasteiger partial charge in [0.2, 0.25) is 0 Å². The molecule has 2 aromatic rings. The van der Waals surface area contributed by atoms with Crippen LogP contribution in [0.15, 0.2) is 34.9 Å². The molecule has 0 fully saturated rings. The van der Waals surface area contributed by atoms with Crippen molar-refractivity contribution in [2.24, 2.45) is 7.05 Å². The van der Waals surface area contributed by atoms with E-state index in [1.54, 1.807) is 7.11 Å². The molecule has 0 saturated carbocycles. The molecule has 4 nitrogen and oxygen atoms in total. The maximum absolute atomic E-state index is 5.25. The Morgan fingerprint density at radius 2 is 2.20 bits per heavy atom. The number of hydrogen-bond donors (Lipinski definition) is 1. The molecule has 0 radical (unpaired) electrons. The Morgan fingerprint density at radius 3 is 2.80 bits per heavy atom. The van der Waals surface area contributed by atoms with Crippen LogP contribution < -0.4 is 10.1 Å². The summed E-state index contributed by atoms with van der Waals surface area (Å²) in [4.78, 5) is 0. The lowest BCUT2D eigenvalue weighted by atomic mass is 10.1. The molecule has 2 rings (SSSR count). The zero-order chi connectivity index (χ0) is 14.5. The Morgan fingerprint density at radius 1 is 1.40 bits per heavy atom. The second-order valence-electron chi connectivity index (χ2n) is 4.77. The van der Waals surface area contributed by atoms with E-state index in [1.165, 1.54) is 11.3 Å². The molecule has 1 aromatic heterocycles. The van der Waals surface area contributed by atoms with Crippen LogP contribution in [0.25, 0.3) is 0 Å². The van der Waals surface area contributed by atoms with E-state index >= 15 is 0 Å². The monoisotopic (exact) mass is 337 g/mol. The summed E-state index contributed by atoms with van der Waals surface area (Å²) in [6.45, 7) is 3.09. The van der Waals surface area contributed by atoms with Gasteiger partial charge in [0, 0.05) is 37.9 Å². The van der Waals surface area contributed by atoms with Crippen molar-refractivity contribution in [2.45, 2.75) is 19.4 Å². The van der Waals surface area contributed by atoms with E-state index in [4.69, 9.17) is 4.74 Å². The Labute approximate surface area is 128 Å². The lowest BCUT2D eigenvalue weighted by molar-refractivity contribution is 0.411. The zero-order valence-corrected chi connectivity index (χ0v) is 13.6. The highest BCUT2D eigenvalue weighted by Crippen LogP contribution is 2.27. The summed E-state index contributed by atoms with van der Waals surface area (Å²) in [5.41, 5.74) is 2.48. The summed E-state index contributed by atoms with van der Waals surface area (Å²) in [5.74, 6) is 0.857. The van der Waals surface area contributed by atoms with Crippen LogP contribution in [0.5, 0.6) is 5.75 Å². The third-order valence-corrected chi connectivity index (χ3v) is 4.05. The first-order valence-corrected chi connectivity index (χ1v) is 7.45. The summed E-state index contributed by atoms with van der Waals surface area (Å²) < 4.78 is 8.14. The van der Waals surface area contributed by atoms with Gasteiger partial charge < -0.3 is 10.1 Å². The van der Waals surface area contributed by atoms with E-state index in [9.17, 15) is 0 Å². The molecule has 1 N–H and O–H groups in total. The van der Waals surface area contributed by atoms with Crippen molar-refractivity contribution >= 4 is 15.9 Å². The Bertz CT molecular complexity index is 568. The number of hydrogen-bond acceptors (Lipinski definition) is 3. The van der Waals surface area contributed by atoms with Gasteiger partial charge in [0.15, 0.2) is 0 Å². The number of halogens is 1. The first-order chi connectivity index (χ1) is 9.61. The fraction of sp³-hybridized carbons (Fsp3) is 0.400. The van der Waals surface area contributed by atoms with Crippen LogP contribution in [0.4, 0.5) is 0 Å². The van der Waals surface area contributed by atoms with E-state index in [0.717, 1.165) is 23.2 Å². The average molecular weight is 338 g/mol. The Hall–Kier alpha value is -1.33. The first-order valence-electron chi connectivity index (χ1n) is 6.65.